The van der Waals surface area contributed by atoms with Crippen LogP contribution in [0.25, 0.3) is 0 Å². The Balaban J connectivity index is 4.83. The molecular weight excluding hydrogens is 184 g/mol. The first-order valence-electron chi connectivity index (χ1n) is 3.59. The monoisotopic (exact) mass is 196 g/mol. The van der Waals surface area contributed by atoms with Crippen molar-refractivity contribution in [1.29, 1.82) is 0 Å². The van der Waals surface area contributed by atoms with Crippen LogP contribution in [0.2, 0.25) is 0 Å². The molecule has 13 heavy (non-hydrogen) atoms. The van der Waals surface area contributed by atoms with E-state index in [0.29, 0.717) is 10.5 Å². The summed E-state index contributed by atoms with van der Waals surface area (Å²) in [6.07, 6.45) is 6.14. The molecule has 0 saturated carbocycles. The van der Waals surface area contributed by atoms with Crippen LogP contribution >= 0.6 is 12.6 Å². The third-order valence-electron chi connectivity index (χ3n) is 1.23. The fourth-order valence-corrected chi connectivity index (χ4v) is 0.777. The lowest BCUT2D eigenvalue weighted by Gasteiger charge is -1.98. The lowest BCUT2D eigenvalue weighted by atomic mass is 10.2. The van der Waals surface area contributed by atoms with E-state index in [1.165, 1.54) is 19.3 Å². The fourth-order valence-electron chi connectivity index (χ4n) is 0.638. The van der Waals surface area contributed by atoms with E-state index in [2.05, 4.69) is 30.5 Å². The molecule has 2 nitrogen and oxygen atoms in total. The maximum atomic E-state index is 11.1. The Kier molecular flexibility index (Phi) is 5.72. The predicted octanol–water partition coefficient (Wildman–Crippen LogP) is 2.27. The quantitative estimate of drug-likeness (QED) is 0.323. The number of hydrogen-bond donors (Lipinski definition) is 1. The van der Waals surface area contributed by atoms with Gasteiger partial charge in [-0.15, -0.1) is 12.6 Å². The molecule has 0 amide bonds. The Morgan fingerprint density at radius 3 is 2.46 bits per heavy atom. The van der Waals surface area contributed by atoms with E-state index in [-0.39, 0.29) is 0 Å². The number of carbonyl (C=O) groups excluding carboxylic acids is 1. The van der Waals surface area contributed by atoms with Gasteiger partial charge in [-0.3, -0.25) is 0 Å². The summed E-state index contributed by atoms with van der Waals surface area (Å²) in [5.41, 5.74) is 0.391. The van der Waals surface area contributed by atoms with E-state index in [4.69, 9.17) is 0 Å². The van der Waals surface area contributed by atoms with E-state index < -0.39 is 5.97 Å². The largest absolute Gasteiger partial charge is 0.465 e. The molecule has 0 aromatic carbocycles. The lowest BCUT2D eigenvalue weighted by Crippen LogP contribution is -2.02. The Labute approximate surface area is 83.7 Å². The molecule has 0 rings (SSSR count). The van der Waals surface area contributed by atoms with Crippen molar-refractivity contribution in [2.75, 3.05) is 7.11 Å². The number of rotatable bonds is 4. The van der Waals surface area contributed by atoms with Crippen molar-refractivity contribution in [3.8, 4) is 0 Å². The fraction of sp³-hybridized carbons (Fsp3) is 0.100. The van der Waals surface area contributed by atoms with E-state index >= 15 is 0 Å². The third kappa shape index (κ3) is 4.38. The van der Waals surface area contributed by atoms with Gasteiger partial charge >= 0.3 is 5.97 Å². The lowest BCUT2D eigenvalue weighted by molar-refractivity contribution is -0.135. The number of thiol groups is 1. The van der Waals surface area contributed by atoms with Gasteiger partial charge in [0.15, 0.2) is 0 Å². The molecule has 0 spiro atoms. The van der Waals surface area contributed by atoms with E-state index in [1.807, 2.05) is 0 Å². The van der Waals surface area contributed by atoms with Crippen molar-refractivity contribution in [3.05, 3.63) is 47.9 Å². The summed E-state index contributed by atoms with van der Waals surface area (Å²) >= 11 is 4.06. The van der Waals surface area contributed by atoms with Gasteiger partial charge in [0.05, 0.1) is 12.7 Å². The first kappa shape index (κ1) is 11.8. The van der Waals surface area contributed by atoms with Gasteiger partial charge in [0.2, 0.25) is 0 Å². The highest BCUT2D eigenvalue weighted by molar-refractivity contribution is 7.84. The minimum Gasteiger partial charge on any atom is -0.465 e. The molecule has 0 aliphatic rings. The van der Waals surface area contributed by atoms with Crippen LogP contribution in [-0.2, 0) is 9.53 Å². The molecule has 0 heterocycles. The second-order valence-corrected chi connectivity index (χ2v) is 2.64. The molecule has 0 radical (unpaired) electrons. The maximum Gasteiger partial charge on any atom is 0.337 e. The molecule has 0 N–H and O–H groups in total. The molecule has 0 aliphatic heterocycles. The van der Waals surface area contributed by atoms with Crippen LogP contribution < -0.4 is 0 Å². The van der Waals surface area contributed by atoms with Crippen LogP contribution in [0.4, 0.5) is 0 Å². The molecule has 0 aromatic heterocycles. The molecular formula is C10H12O2S. The molecule has 3 heteroatoms. The van der Waals surface area contributed by atoms with E-state index in [1.54, 1.807) is 12.2 Å². The molecule has 0 saturated heterocycles. The number of esters is 1. The van der Waals surface area contributed by atoms with Gasteiger partial charge in [0, 0.05) is 4.91 Å². The molecule has 0 aromatic rings. The van der Waals surface area contributed by atoms with Crippen LogP contribution in [0, 0.1) is 0 Å². The first-order chi connectivity index (χ1) is 6.15. The predicted molar refractivity (Wildman–Crippen MR) is 57.6 cm³/mol. The SMILES string of the molecule is C=C/C=C(\C=C(\S)C=C)C(=O)OC. The summed E-state index contributed by atoms with van der Waals surface area (Å²) < 4.78 is 4.54. The van der Waals surface area contributed by atoms with Crippen molar-refractivity contribution in [2.24, 2.45) is 0 Å². The number of hydrogen-bond acceptors (Lipinski definition) is 3. The number of methoxy groups -OCH3 is 1. The average Bonchev–Trinajstić information content (AvgIpc) is 2.15. The van der Waals surface area contributed by atoms with E-state index in [0.717, 1.165) is 0 Å². The van der Waals surface area contributed by atoms with Crippen LogP contribution in [-0.4, -0.2) is 13.1 Å². The second-order valence-electron chi connectivity index (χ2n) is 2.12. The van der Waals surface area contributed by atoms with Crippen LogP contribution in [0.1, 0.15) is 0 Å². The third-order valence-corrected chi connectivity index (χ3v) is 1.54. The topological polar surface area (TPSA) is 26.3 Å². The smallest absolute Gasteiger partial charge is 0.337 e. The van der Waals surface area contributed by atoms with Crippen LogP contribution in [0.3, 0.4) is 0 Å². The molecule has 0 unspecified atom stereocenters. The Hall–Kier alpha value is -1.22. The van der Waals surface area contributed by atoms with Crippen molar-refractivity contribution in [3.63, 3.8) is 0 Å². The standard InChI is InChI=1S/C10H12O2S/c1-4-6-8(10(11)12-3)7-9(13)5-2/h4-7,13H,1-2H2,3H3/b8-6+,9-7+. The van der Waals surface area contributed by atoms with Crippen molar-refractivity contribution in [1.82, 2.24) is 0 Å². The van der Waals surface area contributed by atoms with Crippen LogP contribution in [0.15, 0.2) is 47.9 Å². The Morgan fingerprint density at radius 1 is 1.46 bits per heavy atom. The number of allylic oxidation sites excluding steroid dienone is 3. The van der Waals surface area contributed by atoms with Gasteiger partial charge in [-0.1, -0.05) is 25.3 Å². The van der Waals surface area contributed by atoms with Gasteiger partial charge < -0.3 is 4.74 Å². The highest BCUT2D eigenvalue weighted by Crippen LogP contribution is 2.08. The second kappa shape index (κ2) is 6.31. The zero-order chi connectivity index (χ0) is 10.3. The summed E-state index contributed by atoms with van der Waals surface area (Å²) in [6.45, 7) is 7.00. The summed E-state index contributed by atoms with van der Waals surface area (Å²) in [7, 11) is 1.32. The summed E-state index contributed by atoms with van der Waals surface area (Å²) in [5, 5.41) is 0. The highest BCUT2D eigenvalue weighted by Gasteiger charge is 2.04. The maximum absolute atomic E-state index is 11.1. The van der Waals surface area contributed by atoms with E-state index in [9.17, 15) is 4.79 Å². The zero-order valence-corrected chi connectivity index (χ0v) is 8.38. The van der Waals surface area contributed by atoms with Crippen molar-refractivity contribution < 1.29 is 9.53 Å². The van der Waals surface area contributed by atoms with Crippen molar-refractivity contribution in [2.45, 2.75) is 0 Å². The molecule has 0 atom stereocenters. The van der Waals surface area contributed by atoms with Gasteiger partial charge in [-0.05, 0) is 12.2 Å². The molecule has 0 fully saturated rings. The van der Waals surface area contributed by atoms with Gasteiger partial charge in [-0.2, -0.15) is 0 Å². The summed E-state index contributed by atoms with van der Waals surface area (Å²) in [6, 6.07) is 0. The summed E-state index contributed by atoms with van der Waals surface area (Å²) in [5.74, 6) is -0.423. The Morgan fingerprint density at radius 2 is 2.08 bits per heavy atom. The number of ether oxygens (including phenoxy) is 1. The Bertz CT molecular complexity index is 275. The van der Waals surface area contributed by atoms with Crippen molar-refractivity contribution >= 4 is 18.6 Å². The zero-order valence-electron chi connectivity index (χ0n) is 7.49. The molecule has 70 valence electrons. The van der Waals surface area contributed by atoms with Gasteiger partial charge in [0.1, 0.15) is 0 Å². The number of carbonyl (C=O) groups is 1. The normalized spacial score (nSPS) is 12.2. The molecule has 0 bridgehead atoms. The first-order valence-corrected chi connectivity index (χ1v) is 4.04. The van der Waals surface area contributed by atoms with Gasteiger partial charge in [-0.25, -0.2) is 4.79 Å². The minimum atomic E-state index is -0.423. The highest BCUT2D eigenvalue weighted by atomic mass is 32.1. The minimum absolute atomic E-state index is 0.391. The average molecular weight is 196 g/mol. The summed E-state index contributed by atoms with van der Waals surface area (Å²) in [4.78, 5) is 11.7. The van der Waals surface area contributed by atoms with Gasteiger partial charge in [0.25, 0.3) is 0 Å². The molecule has 0 aliphatic carbocycles. The van der Waals surface area contributed by atoms with Crippen LogP contribution in [0.5, 0.6) is 0 Å².